The first-order valence-electron chi connectivity index (χ1n) is 4.39. The van der Waals surface area contributed by atoms with Crippen LogP contribution >= 0.6 is 11.6 Å². The summed E-state index contributed by atoms with van der Waals surface area (Å²) >= 11 is 5.95. The van der Waals surface area contributed by atoms with E-state index in [1.54, 1.807) is 6.92 Å². The van der Waals surface area contributed by atoms with Gasteiger partial charge in [-0.15, -0.1) is 0 Å². The SMILES string of the molecule is CC[C@@](Cl)([C@H](O)C1CC1)S(C)(=O)=O. The van der Waals surface area contributed by atoms with Crippen LogP contribution in [0.25, 0.3) is 0 Å². The zero-order chi connectivity index (χ0) is 10.3. The van der Waals surface area contributed by atoms with Gasteiger partial charge in [0.2, 0.25) is 0 Å². The van der Waals surface area contributed by atoms with Gasteiger partial charge in [-0.1, -0.05) is 18.5 Å². The van der Waals surface area contributed by atoms with Crippen molar-refractivity contribution in [2.24, 2.45) is 5.92 Å². The lowest BCUT2D eigenvalue weighted by Gasteiger charge is -2.29. The van der Waals surface area contributed by atoms with Crippen LogP contribution in [0.5, 0.6) is 0 Å². The second-order valence-corrected chi connectivity index (χ2v) is 6.87. The van der Waals surface area contributed by atoms with E-state index in [9.17, 15) is 13.5 Å². The fourth-order valence-electron chi connectivity index (χ4n) is 1.45. The highest BCUT2D eigenvalue weighted by Gasteiger charge is 2.50. The average Bonchev–Trinajstić information content (AvgIpc) is 2.81. The zero-order valence-corrected chi connectivity index (χ0v) is 9.40. The molecule has 0 saturated heterocycles. The van der Waals surface area contributed by atoms with Gasteiger partial charge in [-0.25, -0.2) is 8.42 Å². The van der Waals surface area contributed by atoms with Crippen LogP contribution in [0, 0.1) is 5.92 Å². The lowest BCUT2D eigenvalue weighted by atomic mass is 10.1. The van der Waals surface area contributed by atoms with Crippen LogP contribution in [0.15, 0.2) is 0 Å². The molecule has 5 heteroatoms. The van der Waals surface area contributed by atoms with Crippen molar-refractivity contribution in [2.45, 2.75) is 36.5 Å². The topological polar surface area (TPSA) is 54.4 Å². The summed E-state index contributed by atoms with van der Waals surface area (Å²) < 4.78 is 21.3. The van der Waals surface area contributed by atoms with Crippen molar-refractivity contribution >= 4 is 21.4 Å². The van der Waals surface area contributed by atoms with Crippen molar-refractivity contribution in [3.8, 4) is 0 Å². The standard InChI is InChI=1S/C8H15ClO3S/c1-3-8(9,13(2,11)12)7(10)6-4-5-6/h6-7,10H,3-5H2,1-2H3/t7-,8+/m1/s1. The van der Waals surface area contributed by atoms with Crippen molar-refractivity contribution < 1.29 is 13.5 Å². The zero-order valence-electron chi connectivity index (χ0n) is 7.83. The Morgan fingerprint density at radius 2 is 2.08 bits per heavy atom. The van der Waals surface area contributed by atoms with Crippen LogP contribution in [-0.2, 0) is 9.84 Å². The fourth-order valence-corrected chi connectivity index (χ4v) is 2.79. The molecule has 1 saturated carbocycles. The van der Waals surface area contributed by atoms with E-state index < -0.39 is 20.1 Å². The van der Waals surface area contributed by atoms with Gasteiger partial charge in [0.15, 0.2) is 14.0 Å². The van der Waals surface area contributed by atoms with Crippen molar-refractivity contribution in [2.75, 3.05) is 6.26 Å². The van der Waals surface area contributed by atoms with E-state index in [4.69, 9.17) is 11.6 Å². The Balaban J connectivity index is 2.91. The van der Waals surface area contributed by atoms with Gasteiger partial charge in [-0.2, -0.15) is 0 Å². The minimum atomic E-state index is -3.40. The molecule has 13 heavy (non-hydrogen) atoms. The summed E-state index contributed by atoms with van der Waals surface area (Å²) in [7, 11) is -3.40. The van der Waals surface area contributed by atoms with Crippen LogP contribution in [0.1, 0.15) is 26.2 Å². The molecule has 1 rings (SSSR count). The summed E-state index contributed by atoms with van der Waals surface area (Å²) in [4.78, 5) is 0. The van der Waals surface area contributed by atoms with E-state index in [0.717, 1.165) is 19.1 Å². The predicted octanol–water partition coefficient (Wildman–Crippen LogP) is 1.15. The molecule has 0 spiro atoms. The number of aliphatic hydroxyl groups is 1. The third-order valence-electron chi connectivity index (χ3n) is 2.61. The lowest BCUT2D eigenvalue weighted by molar-refractivity contribution is 0.130. The average molecular weight is 227 g/mol. The Kier molecular flexibility index (Phi) is 2.95. The maximum Gasteiger partial charge on any atom is 0.171 e. The minimum absolute atomic E-state index is 0.0761. The molecule has 0 amide bonds. The molecule has 0 bridgehead atoms. The van der Waals surface area contributed by atoms with E-state index >= 15 is 0 Å². The number of aliphatic hydroxyl groups excluding tert-OH is 1. The highest BCUT2D eigenvalue weighted by atomic mass is 35.5. The van der Waals surface area contributed by atoms with Crippen molar-refractivity contribution in [1.29, 1.82) is 0 Å². The van der Waals surface area contributed by atoms with Crippen molar-refractivity contribution in [1.82, 2.24) is 0 Å². The third kappa shape index (κ3) is 2.00. The summed E-state index contributed by atoms with van der Waals surface area (Å²) in [6, 6.07) is 0. The number of rotatable bonds is 4. The predicted molar refractivity (Wildman–Crippen MR) is 52.4 cm³/mol. The van der Waals surface area contributed by atoms with Crippen molar-refractivity contribution in [3.63, 3.8) is 0 Å². The van der Waals surface area contributed by atoms with E-state index in [1.807, 2.05) is 0 Å². The molecule has 3 nitrogen and oxygen atoms in total. The summed E-state index contributed by atoms with van der Waals surface area (Å²) in [5.41, 5.74) is 0. The second-order valence-electron chi connectivity index (χ2n) is 3.69. The molecular weight excluding hydrogens is 212 g/mol. The van der Waals surface area contributed by atoms with Gasteiger partial charge in [0, 0.05) is 6.26 Å². The molecule has 0 aromatic carbocycles. The highest BCUT2D eigenvalue weighted by Crippen LogP contribution is 2.43. The van der Waals surface area contributed by atoms with Crippen LogP contribution < -0.4 is 0 Å². The molecule has 0 aromatic rings. The summed E-state index contributed by atoms with van der Waals surface area (Å²) in [5.74, 6) is 0.0761. The fraction of sp³-hybridized carbons (Fsp3) is 1.00. The van der Waals surface area contributed by atoms with Gasteiger partial charge >= 0.3 is 0 Å². The Labute approximate surface area is 84.0 Å². The molecule has 1 N–H and O–H groups in total. The van der Waals surface area contributed by atoms with Gasteiger partial charge < -0.3 is 5.11 Å². The van der Waals surface area contributed by atoms with Crippen molar-refractivity contribution in [3.05, 3.63) is 0 Å². The Bertz CT molecular complexity index is 284. The molecule has 0 unspecified atom stereocenters. The van der Waals surface area contributed by atoms with E-state index in [1.165, 1.54) is 0 Å². The largest absolute Gasteiger partial charge is 0.390 e. The van der Waals surface area contributed by atoms with Crippen LogP contribution in [0.4, 0.5) is 0 Å². The molecule has 1 aliphatic rings. The first-order chi connectivity index (χ1) is 5.83. The molecule has 0 heterocycles. The lowest BCUT2D eigenvalue weighted by Crippen LogP contribution is -2.44. The quantitative estimate of drug-likeness (QED) is 0.732. The first-order valence-corrected chi connectivity index (χ1v) is 6.66. The molecule has 1 aliphatic carbocycles. The maximum atomic E-state index is 11.4. The highest BCUT2D eigenvalue weighted by molar-refractivity contribution is 7.93. The van der Waals surface area contributed by atoms with Crippen LogP contribution in [0.3, 0.4) is 0 Å². The Morgan fingerprint density at radius 1 is 1.62 bits per heavy atom. The number of hydrogen-bond acceptors (Lipinski definition) is 3. The third-order valence-corrected chi connectivity index (χ3v) is 5.70. The minimum Gasteiger partial charge on any atom is -0.390 e. The number of alkyl halides is 1. The Morgan fingerprint density at radius 3 is 2.31 bits per heavy atom. The molecule has 0 aromatic heterocycles. The smallest absolute Gasteiger partial charge is 0.171 e. The monoisotopic (exact) mass is 226 g/mol. The van der Waals surface area contributed by atoms with E-state index in [-0.39, 0.29) is 12.3 Å². The van der Waals surface area contributed by atoms with Gasteiger partial charge in [-0.3, -0.25) is 0 Å². The van der Waals surface area contributed by atoms with Gasteiger partial charge in [0.05, 0.1) is 6.10 Å². The van der Waals surface area contributed by atoms with Gasteiger partial charge in [0.1, 0.15) is 0 Å². The van der Waals surface area contributed by atoms with Gasteiger partial charge in [-0.05, 0) is 25.2 Å². The summed E-state index contributed by atoms with van der Waals surface area (Å²) in [6.07, 6.45) is 2.16. The normalized spacial score (nSPS) is 25.2. The maximum absolute atomic E-state index is 11.4. The molecular formula is C8H15ClO3S. The summed E-state index contributed by atoms with van der Waals surface area (Å²) in [6.45, 7) is 1.68. The molecule has 1 fully saturated rings. The first kappa shape index (κ1) is 11.3. The number of hydrogen-bond donors (Lipinski definition) is 1. The van der Waals surface area contributed by atoms with Crippen LogP contribution in [0.2, 0.25) is 0 Å². The van der Waals surface area contributed by atoms with E-state index in [0.29, 0.717) is 0 Å². The molecule has 0 radical (unpaired) electrons. The Hall–Kier alpha value is 0.200. The van der Waals surface area contributed by atoms with Crippen LogP contribution in [-0.4, -0.2) is 30.1 Å². The molecule has 2 atom stereocenters. The second kappa shape index (κ2) is 3.41. The summed E-state index contributed by atoms with van der Waals surface area (Å²) in [5, 5.41) is 9.73. The number of halogens is 1. The molecule has 0 aliphatic heterocycles. The molecule has 78 valence electrons. The number of sulfone groups is 1. The van der Waals surface area contributed by atoms with Gasteiger partial charge in [0.25, 0.3) is 0 Å². The van der Waals surface area contributed by atoms with E-state index in [2.05, 4.69) is 0 Å².